The predicted molar refractivity (Wildman–Crippen MR) is 77.8 cm³/mol. The SMILES string of the molecule is CNc1ccnc(C(=O)N2CC(O)CC2CN(C)C)c1. The monoisotopic (exact) mass is 278 g/mol. The Morgan fingerprint density at radius 1 is 1.60 bits per heavy atom. The molecule has 2 rings (SSSR count). The zero-order valence-corrected chi connectivity index (χ0v) is 12.2. The Bertz CT molecular complexity index is 478. The van der Waals surface area contributed by atoms with Gasteiger partial charge in [-0.05, 0) is 32.6 Å². The van der Waals surface area contributed by atoms with Crippen molar-refractivity contribution in [1.82, 2.24) is 14.8 Å². The van der Waals surface area contributed by atoms with Crippen molar-refractivity contribution in [1.29, 1.82) is 0 Å². The summed E-state index contributed by atoms with van der Waals surface area (Å²) in [6.07, 6.45) is 1.79. The second-order valence-electron chi connectivity index (χ2n) is 5.44. The van der Waals surface area contributed by atoms with Gasteiger partial charge < -0.3 is 20.2 Å². The van der Waals surface area contributed by atoms with Gasteiger partial charge in [0, 0.05) is 38.1 Å². The minimum Gasteiger partial charge on any atom is -0.391 e. The largest absolute Gasteiger partial charge is 0.391 e. The second kappa shape index (κ2) is 6.19. The average molecular weight is 278 g/mol. The number of aromatic nitrogens is 1. The van der Waals surface area contributed by atoms with Crippen molar-refractivity contribution in [2.45, 2.75) is 18.6 Å². The Kier molecular flexibility index (Phi) is 4.57. The molecule has 2 atom stereocenters. The van der Waals surface area contributed by atoms with Gasteiger partial charge in [0.2, 0.25) is 0 Å². The minimum absolute atomic E-state index is 0.0348. The van der Waals surface area contributed by atoms with Gasteiger partial charge >= 0.3 is 0 Å². The van der Waals surface area contributed by atoms with Crippen molar-refractivity contribution in [3.05, 3.63) is 24.0 Å². The highest BCUT2D eigenvalue weighted by Crippen LogP contribution is 2.21. The summed E-state index contributed by atoms with van der Waals surface area (Å²) < 4.78 is 0. The lowest BCUT2D eigenvalue weighted by molar-refractivity contribution is 0.0693. The maximum Gasteiger partial charge on any atom is 0.272 e. The summed E-state index contributed by atoms with van der Waals surface area (Å²) in [5.74, 6) is -0.120. The molecule has 1 saturated heterocycles. The first kappa shape index (κ1) is 14.7. The van der Waals surface area contributed by atoms with Crippen molar-refractivity contribution in [2.75, 3.05) is 39.5 Å². The van der Waals surface area contributed by atoms with Crippen molar-refractivity contribution >= 4 is 11.6 Å². The standard InChI is InChI=1S/C14H22N4O2/c1-15-10-4-5-16-13(6-10)14(20)18-9-12(19)7-11(18)8-17(2)3/h4-6,11-12,19H,7-9H2,1-3H3,(H,15,16). The quantitative estimate of drug-likeness (QED) is 0.827. The number of rotatable bonds is 4. The van der Waals surface area contributed by atoms with Gasteiger partial charge in [0.15, 0.2) is 0 Å². The van der Waals surface area contributed by atoms with E-state index >= 15 is 0 Å². The summed E-state index contributed by atoms with van der Waals surface area (Å²) in [6.45, 7) is 1.12. The Balaban J connectivity index is 2.17. The van der Waals surface area contributed by atoms with Crippen molar-refractivity contribution in [3.8, 4) is 0 Å². The molecule has 2 heterocycles. The number of amides is 1. The number of β-amino-alcohol motifs (C(OH)–C–C–N with tert-alkyl or cyclic N) is 1. The zero-order chi connectivity index (χ0) is 14.7. The third kappa shape index (κ3) is 3.26. The van der Waals surface area contributed by atoms with E-state index in [4.69, 9.17) is 0 Å². The van der Waals surface area contributed by atoms with E-state index in [-0.39, 0.29) is 11.9 Å². The van der Waals surface area contributed by atoms with Gasteiger partial charge in [0.1, 0.15) is 5.69 Å². The molecule has 0 aliphatic carbocycles. The fourth-order valence-electron chi connectivity index (χ4n) is 2.59. The van der Waals surface area contributed by atoms with Crippen LogP contribution in [0.2, 0.25) is 0 Å². The van der Waals surface area contributed by atoms with Crippen LogP contribution in [-0.2, 0) is 0 Å². The first-order chi connectivity index (χ1) is 9.51. The smallest absolute Gasteiger partial charge is 0.272 e. The van der Waals surface area contributed by atoms with Crippen LogP contribution < -0.4 is 5.32 Å². The number of aliphatic hydroxyl groups excluding tert-OH is 1. The third-order valence-electron chi connectivity index (χ3n) is 3.50. The number of nitrogens with one attached hydrogen (secondary N) is 1. The molecule has 110 valence electrons. The molecular formula is C14H22N4O2. The number of pyridine rings is 1. The lowest BCUT2D eigenvalue weighted by Crippen LogP contribution is -2.41. The first-order valence-electron chi connectivity index (χ1n) is 6.79. The maximum absolute atomic E-state index is 12.6. The highest BCUT2D eigenvalue weighted by molar-refractivity contribution is 5.93. The number of hydrogen-bond acceptors (Lipinski definition) is 5. The zero-order valence-electron chi connectivity index (χ0n) is 12.2. The van der Waals surface area contributed by atoms with E-state index in [9.17, 15) is 9.90 Å². The van der Waals surface area contributed by atoms with Crippen LogP contribution in [0.5, 0.6) is 0 Å². The van der Waals surface area contributed by atoms with E-state index in [2.05, 4.69) is 10.3 Å². The van der Waals surface area contributed by atoms with Gasteiger partial charge in [-0.15, -0.1) is 0 Å². The van der Waals surface area contributed by atoms with Crippen LogP contribution in [0, 0.1) is 0 Å². The van der Waals surface area contributed by atoms with Gasteiger partial charge in [-0.25, -0.2) is 0 Å². The fourth-order valence-corrected chi connectivity index (χ4v) is 2.59. The molecule has 6 heteroatoms. The Hall–Kier alpha value is -1.66. The van der Waals surface area contributed by atoms with Crippen LogP contribution in [0.25, 0.3) is 0 Å². The second-order valence-corrected chi connectivity index (χ2v) is 5.44. The molecule has 1 aromatic rings. The highest BCUT2D eigenvalue weighted by Gasteiger charge is 2.35. The number of carbonyl (C=O) groups is 1. The van der Waals surface area contributed by atoms with Crippen LogP contribution in [0.4, 0.5) is 5.69 Å². The minimum atomic E-state index is -0.448. The lowest BCUT2D eigenvalue weighted by Gasteiger charge is -2.26. The molecule has 0 radical (unpaired) electrons. The van der Waals surface area contributed by atoms with Gasteiger partial charge in [-0.1, -0.05) is 0 Å². The molecule has 0 bridgehead atoms. The molecule has 6 nitrogen and oxygen atoms in total. The molecule has 1 amide bonds. The third-order valence-corrected chi connectivity index (χ3v) is 3.50. The number of carbonyl (C=O) groups excluding carboxylic acids is 1. The van der Waals surface area contributed by atoms with Crippen LogP contribution >= 0.6 is 0 Å². The summed E-state index contributed by atoms with van der Waals surface area (Å²) in [4.78, 5) is 20.5. The van der Waals surface area contributed by atoms with E-state index < -0.39 is 6.10 Å². The van der Waals surface area contributed by atoms with Crippen molar-refractivity contribution in [3.63, 3.8) is 0 Å². The van der Waals surface area contributed by atoms with Crippen LogP contribution in [0.15, 0.2) is 18.3 Å². The molecular weight excluding hydrogens is 256 g/mol. The van der Waals surface area contributed by atoms with E-state index in [1.807, 2.05) is 25.1 Å². The number of likely N-dealkylation sites (N-methyl/N-ethyl adjacent to an activating group) is 1. The number of aliphatic hydroxyl groups is 1. The normalized spacial score (nSPS) is 22.4. The number of anilines is 1. The Labute approximate surface area is 119 Å². The molecule has 0 spiro atoms. The Morgan fingerprint density at radius 2 is 2.35 bits per heavy atom. The highest BCUT2D eigenvalue weighted by atomic mass is 16.3. The lowest BCUT2D eigenvalue weighted by atomic mass is 10.2. The summed E-state index contributed by atoms with van der Waals surface area (Å²) in [7, 11) is 5.73. The summed E-state index contributed by atoms with van der Waals surface area (Å²) >= 11 is 0. The number of likely N-dealkylation sites (tertiary alicyclic amines) is 1. The molecule has 1 aromatic heterocycles. The van der Waals surface area contributed by atoms with Gasteiger partial charge in [-0.2, -0.15) is 0 Å². The van der Waals surface area contributed by atoms with Gasteiger partial charge in [0.25, 0.3) is 5.91 Å². The summed E-state index contributed by atoms with van der Waals surface area (Å²) in [6, 6.07) is 3.58. The average Bonchev–Trinajstić information content (AvgIpc) is 2.78. The van der Waals surface area contributed by atoms with Gasteiger partial charge in [-0.3, -0.25) is 9.78 Å². The maximum atomic E-state index is 12.6. The van der Waals surface area contributed by atoms with E-state index in [0.717, 1.165) is 12.2 Å². The molecule has 0 saturated carbocycles. The molecule has 1 aliphatic heterocycles. The topological polar surface area (TPSA) is 68.7 Å². The summed E-state index contributed by atoms with van der Waals surface area (Å²) in [5, 5.41) is 12.8. The Morgan fingerprint density at radius 3 is 3.00 bits per heavy atom. The summed E-state index contributed by atoms with van der Waals surface area (Å²) in [5.41, 5.74) is 1.27. The molecule has 1 fully saturated rings. The van der Waals surface area contributed by atoms with Crippen molar-refractivity contribution < 1.29 is 9.90 Å². The van der Waals surface area contributed by atoms with E-state index in [1.54, 1.807) is 24.2 Å². The fraction of sp³-hybridized carbons (Fsp3) is 0.571. The van der Waals surface area contributed by atoms with Crippen LogP contribution in [0.1, 0.15) is 16.9 Å². The molecule has 2 N–H and O–H groups in total. The molecule has 1 aliphatic rings. The van der Waals surface area contributed by atoms with Crippen LogP contribution in [0.3, 0.4) is 0 Å². The predicted octanol–water partition coefficient (Wildman–Crippen LogP) is 0.260. The molecule has 0 aromatic carbocycles. The first-order valence-corrected chi connectivity index (χ1v) is 6.79. The van der Waals surface area contributed by atoms with Crippen molar-refractivity contribution in [2.24, 2.45) is 0 Å². The number of nitrogens with zero attached hydrogens (tertiary/aromatic N) is 3. The van der Waals surface area contributed by atoms with E-state index in [1.165, 1.54) is 0 Å². The molecule has 20 heavy (non-hydrogen) atoms. The molecule has 2 unspecified atom stereocenters. The van der Waals surface area contributed by atoms with E-state index in [0.29, 0.717) is 18.7 Å². The van der Waals surface area contributed by atoms with Crippen LogP contribution in [-0.4, -0.2) is 72.2 Å². The number of hydrogen-bond donors (Lipinski definition) is 2. The van der Waals surface area contributed by atoms with Gasteiger partial charge in [0.05, 0.1) is 6.10 Å².